The second-order valence-electron chi connectivity index (χ2n) is 8.97. The maximum Gasteiger partial charge on any atom is 0.410 e. The number of carbonyl (C=O) groups is 1. The topological polar surface area (TPSA) is 53.0 Å². The van der Waals surface area contributed by atoms with Crippen LogP contribution in [0.5, 0.6) is 0 Å². The molecule has 1 spiro atoms. The van der Waals surface area contributed by atoms with Gasteiger partial charge in [0.2, 0.25) is 0 Å². The van der Waals surface area contributed by atoms with Gasteiger partial charge in [-0.25, -0.2) is 4.79 Å². The largest absolute Gasteiger partial charge is 0.444 e. The van der Waals surface area contributed by atoms with Gasteiger partial charge in [-0.1, -0.05) is 37.3 Å². The molecule has 138 valence electrons. The Morgan fingerprint density at radius 1 is 1.16 bits per heavy atom. The second kappa shape index (κ2) is 6.29. The standard InChI is InChI=1S/C20H30N2O3/c1-18(2,3)25-17(24)22-13-20(14-22)12-21(11-19(20,4)15-23)10-16-8-6-5-7-9-16/h5-9,23H,10-15H2,1-4H3/t19-/m1/s1. The summed E-state index contributed by atoms with van der Waals surface area (Å²) in [5.74, 6) is 0. The first-order chi connectivity index (χ1) is 11.7. The molecule has 2 aliphatic rings. The van der Waals surface area contributed by atoms with Crippen molar-refractivity contribution in [3.8, 4) is 0 Å². The van der Waals surface area contributed by atoms with E-state index in [2.05, 4.69) is 36.1 Å². The number of nitrogens with zero attached hydrogens (tertiary/aromatic N) is 2. The third kappa shape index (κ3) is 3.53. The lowest BCUT2D eigenvalue weighted by molar-refractivity contribution is -0.0859. The summed E-state index contributed by atoms with van der Waals surface area (Å²) >= 11 is 0. The smallest absolute Gasteiger partial charge is 0.410 e. The Morgan fingerprint density at radius 2 is 1.80 bits per heavy atom. The van der Waals surface area contributed by atoms with Crippen molar-refractivity contribution in [2.24, 2.45) is 10.8 Å². The number of carbonyl (C=O) groups excluding carboxylic acids is 1. The van der Waals surface area contributed by atoms with Gasteiger partial charge in [-0.2, -0.15) is 0 Å². The number of amides is 1. The number of ether oxygens (including phenoxy) is 1. The molecule has 1 amide bonds. The van der Waals surface area contributed by atoms with Gasteiger partial charge in [0.1, 0.15) is 5.60 Å². The molecule has 2 fully saturated rings. The van der Waals surface area contributed by atoms with Crippen molar-refractivity contribution in [2.45, 2.75) is 39.8 Å². The highest BCUT2D eigenvalue weighted by Crippen LogP contribution is 2.52. The number of hydrogen-bond donors (Lipinski definition) is 1. The van der Waals surface area contributed by atoms with Crippen molar-refractivity contribution in [3.63, 3.8) is 0 Å². The Morgan fingerprint density at radius 3 is 2.36 bits per heavy atom. The lowest BCUT2D eigenvalue weighted by atomic mass is 9.62. The molecule has 0 aliphatic carbocycles. The third-order valence-corrected chi connectivity index (χ3v) is 5.62. The van der Waals surface area contributed by atoms with Crippen LogP contribution in [0.4, 0.5) is 4.79 Å². The van der Waals surface area contributed by atoms with Gasteiger partial charge in [-0.15, -0.1) is 0 Å². The van der Waals surface area contributed by atoms with E-state index in [1.165, 1.54) is 5.56 Å². The van der Waals surface area contributed by atoms with Gasteiger partial charge < -0.3 is 14.7 Å². The molecule has 0 saturated carbocycles. The summed E-state index contributed by atoms with van der Waals surface area (Å²) in [5, 5.41) is 10.1. The molecule has 5 nitrogen and oxygen atoms in total. The quantitative estimate of drug-likeness (QED) is 0.914. The van der Waals surface area contributed by atoms with E-state index in [0.29, 0.717) is 13.1 Å². The zero-order chi connectivity index (χ0) is 18.3. The van der Waals surface area contributed by atoms with Gasteiger partial charge in [-0.05, 0) is 26.3 Å². The number of aliphatic hydroxyl groups excluding tert-OH is 1. The average molecular weight is 346 g/mol. The minimum atomic E-state index is -0.477. The van der Waals surface area contributed by atoms with Crippen LogP contribution in [-0.2, 0) is 11.3 Å². The van der Waals surface area contributed by atoms with Crippen molar-refractivity contribution in [1.82, 2.24) is 9.80 Å². The number of rotatable bonds is 3. The van der Waals surface area contributed by atoms with Crippen LogP contribution in [0.3, 0.4) is 0 Å². The van der Waals surface area contributed by atoms with Gasteiger partial charge in [-0.3, -0.25) is 4.90 Å². The fraction of sp³-hybridized carbons (Fsp3) is 0.650. The fourth-order valence-electron chi connectivity index (χ4n) is 4.13. The van der Waals surface area contributed by atoms with Gasteiger partial charge in [0.15, 0.2) is 0 Å². The molecule has 1 N–H and O–H groups in total. The molecule has 25 heavy (non-hydrogen) atoms. The maximum atomic E-state index is 12.3. The summed E-state index contributed by atoms with van der Waals surface area (Å²) in [6, 6.07) is 10.4. The van der Waals surface area contributed by atoms with Crippen LogP contribution in [-0.4, -0.2) is 59.4 Å². The molecule has 0 unspecified atom stereocenters. The monoisotopic (exact) mass is 346 g/mol. The first-order valence-electron chi connectivity index (χ1n) is 9.02. The van der Waals surface area contributed by atoms with E-state index in [4.69, 9.17) is 4.74 Å². The fourth-order valence-corrected chi connectivity index (χ4v) is 4.13. The van der Waals surface area contributed by atoms with E-state index in [1.54, 1.807) is 4.90 Å². The SMILES string of the molecule is CC(C)(C)OC(=O)N1CC2(CN(Cc3ccccc3)C[C@]2(C)CO)C1. The molecule has 0 aromatic heterocycles. The van der Waals surface area contributed by atoms with Gasteiger partial charge in [0.25, 0.3) is 0 Å². The van der Waals surface area contributed by atoms with Gasteiger partial charge in [0, 0.05) is 43.6 Å². The number of aliphatic hydroxyl groups is 1. The number of likely N-dealkylation sites (tertiary alicyclic amines) is 2. The molecule has 0 bridgehead atoms. The zero-order valence-electron chi connectivity index (χ0n) is 15.8. The van der Waals surface area contributed by atoms with Crippen LogP contribution in [0.1, 0.15) is 33.3 Å². The van der Waals surface area contributed by atoms with Gasteiger partial charge in [0.05, 0.1) is 6.61 Å². The first-order valence-corrected chi connectivity index (χ1v) is 9.02. The van der Waals surface area contributed by atoms with Crippen LogP contribution in [0.25, 0.3) is 0 Å². The van der Waals surface area contributed by atoms with Crippen molar-refractivity contribution in [2.75, 3.05) is 32.8 Å². The Bertz CT molecular complexity index is 620. The minimum absolute atomic E-state index is 0.0482. The Kier molecular flexibility index (Phi) is 4.58. The van der Waals surface area contributed by atoms with E-state index < -0.39 is 5.60 Å². The highest BCUT2D eigenvalue weighted by Gasteiger charge is 2.61. The molecule has 1 aromatic rings. The highest BCUT2D eigenvalue weighted by molar-refractivity contribution is 5.69. The summed E-state index contributed by atoms with van der Waals surface area (Å²) in [6.07, 6.45) is -0.250. The average Bonchev–Trinajstić information content (AvgIpc) is 2.78. The van der Waals surface area contributed by atoms with E-state index in [1.807, 2.05) is 26.8 Å². The normalized spacial score (nSPS) is 25.9. The summed E-state index contributed by atoms with van der Waals surface area (Å²) in [4.78, 5) is 16.5. The first kappa shape index (κ1) is 18.2. The lowest BCUT2D eigenvalue weighted by Gasteiger charge is -2.54. The molecule has 2 saturated heterocycles. The van der Waals surface area contributed by atoms with Crippen molar-refractivity contribution < 1.29 is 14.6 Å². The predicted molar refractivity (Wildman–Crippen MR) is 97.2 cm³/mol. The second-order valence-corrected chi connectivity index (χ2v) is 8.97. The zero-order valence-corrected chi connectivity index (χ0v) is 15.8. The summed E-state index contributed by atoms with van der Waals surface area (Å²) in [7, 11) is 0. The molecule has 1 atom stereocenters. The van der Waals surface area contributed by atoms with Crippen LogP contribution in [0.2, 0.25) is 0 Å². The Labute approximate surface area is 150 Å². The molecule has 2 heterocycles. The van der Waals surface area contributed by atoms with Gasteiger partial charge >= 0.3 is 6.09 Å². The summed E-state index contributed by atoms with van der Waals surface area (Å²) in [5.41, 5.74) is 0.561. The molecule has 3 rings (SSSR count). The van der Waals surface area contributed by atoms with Crippen molar-refractivity contribution in [1.29, 1.82) is 0 Å². The van der Waals surface area contributed by atoms with Crippen LogP contribution < -0.4 is 0 Å². The van der Waals surface area contributed by atoms with Crippen LogP contribution in [0, 0.1) is 10.8 Å². The summed E-state index contributed by atoms with van der Waals surface area (Å²) in [6.45, 7) is 11.9. The Balaban J connectivity index is 1.66. The molecular weight excluding hydrogens is 316 g/mol. The maximum absolute atomic E-state index is 12.3. The predicted octanol–water partition coefficient (Wildman–Crippen LogP) is 2.74. The van der Waals surface area contributed by atoms with E-state index >= 15 is 0 Å². The van der Waals surface area contributed by atoms with E-state index in [0.717, 1.165) is 19.6 Å². The molecule has 5 heteroatoms. The minimum Gasteiger partial charge on any atom is -0.444 e. The summed E-state index contributed by atoms with van der Waals surface area (Å²) < 4.78 is 5.48. The molecule has 0 radical (unpaired) electrons. The number of hydrogen-bond acceptors (Lipinski definition) is 4. The molecule has 1 aromatic carbocycles. The van der Waals surface area contributed by atoms with Crippen LogP contribution >= 0.6 is 0 Å². The number of benzene rings is 1. The lowest BCUT2D eigenvalue weighted by Crippen LogP contribution is -2.66. The van der Waals surface area contributed by atoms with Crippen molar-refractivity contribution in [3.05, 3.63) is 35.9 Å². The molecular formula is C20H30N2O3. The molecule has 2 aliphatic heterocycles. The Hall–Kier alpha value is -1.59. The van der Waals surface area contributed by atoms with E-state index in [9.17, 15) is 9.90 Å². The van der Waals surface area contributed by atoms with Crippen LogP contribution in [0.15, 0.2) is 30.3 Å². The highest BCUT2D eigenvalue weighted by atomic mass is 16.6. The van der Waals surface area contributed by atoms with Crippen molar-refractivity contribution >= 4 is 6.09 Å². The third-order valence-electron chi connectivity index (χ3n) is 5.62. The van der Waals surface area contributed by atoms with E-state index in [-0.39, 0.29) is 23.5 Å².